The van der Waals surface area contributed by atoms with Crippen molar-refractivity contribution in [1.29, 1.82) is 0 Å². The van der Waals surface area contributed by atoms with Gasteiger partial charge in [-0.3, -0.25) is 9.59 Å². The normalized spacial score (nSPS) is 10.8. The molecular weight excluding hydrogens is 280 g/mol. The summed E-state index contributed by atoms with van der Waals surface area (Å²) >= 11 is 0. The number of carbonyl (C=O) groups is 2. The molecule has 0 rings (SSSR count). The van der Waals surface area contributed by atoms with Gasteiger partial charge in [-0.1, -0.05) is 37.8 Å². The van der Waals surface area contributed by atoms with Crippen LogP contribution in [0.25, 0.3) is 0 Å². The van der Waals surface area contributed by atoms with Crippen LogP contribution in [0.1, 0.15) is 77.0 Å². The van der Waals surface area contributed by atoms with Crippen LogP contribution in [0.15, 0.2) is 12.2 Å². The van der Waals surface area contributed by atoms with Gasteiger partial charge in [0.15, 0.2) is 0 Å². The summed E-state index contributed by atoms with van der Waals surface area (Å²) in [6, 6.07) is 0. The largest absolute Gasteiger partial charge is 0.469 e. The number of methoxy groups -OCH3 is 2. The standard InChI is InChI=1S/C18H32O4/c1-21-17(19)15-13-11-9-7-5-3-4-6-8-10-12-14-16-18(20)22-2/h3-4H,5-16H2,1-2H3. The van der Waals surface area contributed by atoms with Gasteiger partial charge in [-0.2, -0.15) is 0 Å². The Bertz CT molecular complexity index is 280. The molecule has 0 bridgehead atoms. The van der Waals surface area contributed by atoms with Gasteiger partial charge >= 0.3 is 11.9 Å². The van der Waals surface area contributed by atoms with Crippen molar-refractivity contribution in [2.24, 2.45) is 0 Å². The van der Waals surface area contributed by atoms with Crippen LogP contribution in [-0.4, -0.2) is 26.2 Å². The van der Waals surface area contributed by atoms with Crippen molar-refractivity contribution in [1.82, 2.24) is 0 Å². The average Bonchev–Trinajstić information content (AvgIpc) is 2.54. The molecule has 0 unspecified atom stereocenters. The topological polar surface area (TPSA) is 52.6 Å². The number of esters is 2. The predicted molar refractivity (Wildman–Crippen MR) is 88.6 cm³/mol. The molecule has 0 aliphatic rings. The molecule has 128 valence electrons. The zero-order valence-electron chi connectivity index (χ0n) is 14.3. The first-order chi connectivity index (χ1) is 10.7. The maximum atomic E-state index is 10.9. The Morgan fingerprint density at radius 2 is 1.00 bits per heavy atom. The Kier molecular flexibility index (Phi) is 15.1. The van der Waals surface area contributed by atoms with E-state index in [2.05, 4.69) is 21.6 Å². The fraction of sp³-hybridized carbons (Fsp3) is 0.778. The van der Waals surface area contributed by atoms with Crippen LogP contribution in [0.3, 0.4) is 0 Å². The van der Waals surface area contributed by atoms with E-state index in [4.69, 9.17) is 0 Å². The fourth-order valence-electron chi connectivity index (χ4n) is 2.21. The molecule has 0 aliphatic heterocycles. The van der Waals surface area contributed by atoms with E-state index in [1.165, 1.54) is 39.9 Å². The maximum absolute atomic E-state index is 10.9. The molecule has 4 nitrogen and oxygen atoms in total. The van der Waals surface area contributed by atoms with Crippen molar-refractivity contribution in [3.05, 3.63) is 12.2 Å². The molecule has 0 atom stereocenters. The summed E-state index contributed by atoms with van der Waals surface area (Å²) in [4.78, 5) is 21.8. The zero-order valence-corrected chi connectivity index (χ0v) is 14.3. The monoisotopic (exact) mass is 312 g/mol. The van der Waals surface area contributed by atoms with Crippen LogP contribution in [0.2, 0.25) is 0 Å². The highest BCUT2D eigenvalue weighted by Crippen LogP contribution is 2.09. The number of allylic oxidation sites excluding steroid dienone is 2. The van der Waals surface area contributed by atoms with Crippen molar-refractivity contribution < 1.29 is 19.1 Å². The van der Waals surface area contributed by atoms with Gasteiger partial charge in [0.1, 0.15) is 0 Å². The average molecular weight is 312 g/mol. The molecule has 0 saturated carbocycles. The second-order valence-corrected chi connectivity index (χ2v) is 5.53. The van der Waals surface area contributed by atoms with E-state index in [0.717, 1.165) is 38.5 Å². The summed E-state index contributed by atoms with van der Waals surface area (Å²) in [6.07, 6.45) is 16.7. The van der Waals surface area contributed by atoms with Crippen LogP contribution in [0.5, 0.6) is 0 Å². The summed E-state index contributed by atoms with van der Waals surface area (Å²) in [5.41, 5.74) is 0. The van der Waals surface area contributed by atoms with Gasteiger partial charge in [0.05, 0.1) is 14.2 Å². The molecule has 0 radical (unpaired) electrons. The van der Waals surface area contributed by atoms with E-state index in [-0.39, 0.29) is 11.9 Å². The van der Waals surface area contributed by atoms with Gasteiger partial charge in [-0.15, -0.1) is 0 Å². The van der Waals surface area contributed by atoms with Gasteiger partial charge in [0.2, 0.25) is 0 Å². The Balaban J connectivity index is 3.18. The van der Waals surface area contributed by atoms with Crippen molar-refractivity contribution >= 4 is 11.9 Å². The molecular formula is C18H32O4. The highest BCUT2D eigenvalue weighted by Gasteiger charge is 1.99. The van der Waals surface area contributed by atoms with E-state index < -0.39 is 0 Å². The van der Waals surface area contributed by atoms with Crippen LogP contribution in [0.4, 0.5) is 0 Å². The molecule has 0 fully saturated rings. The number of ether oxygens (including phenoxy) is 2. The lowest BCUT2D eigenvalue weighted by Gasteiger charge is -2.00. The van der Waals surface area contributed by atoms with Gasteiger partial charge in [-0.25, -0.2) is 0 Å². The molecule has 0 amide bonds. The van der Waals surface area contributed by atoms with E-state index in [1.54, 1.807) is 0 Å². The SMILES string of the molecule is COC(=O)CCCCCCC=CCCCCCCC(=O)OC. The summed E-state index contributed by atoms with van der Waals surface area (Å²) in [5.74, 6) is -0.210. The summed E-state index contributed by atoms with van der Waals surface area (Å²) in [7, 11) is 2.87. The smallest absolute Gasteiger partial charge is 0.305 e. The van der Waals surface area contributed by atoms with Gasteiger partial charge in [0.25, 0.3) is 0 Å². The van der Waals surface area contributed by atoms with Gasteiger partial charge in [-0.05, 0) is 38.5 Å². The first kappa shape index (κ1) is 20.7. The first-order valence-electron chi connectivity index (χ1n) is 8.49. The lowest BCUT2D eigenvalue weighted by atomic mass is 10.1. The number of unbranched alkanes of at least 4 members (excludes halogenated alkanes) is 8. The zero-order chi connectivity index (χ0) is 16.5. The summed E-state index contributed by atoms with van der Waals surface area (Å²) in [6.45, 7) is 0. The molecule has 0 aliphatic carbocycles. The second-order valence-electron chi connectivity index (χ2n) is 5.53. The highest BCUT2D eigenvalue weighted by atomic mass is 16.5. The van der Waals surface area contributed by atoms with Crippen molar-refractivity contribution in [2.75, 3.05) is 14.2 Å². The van der Waals surface area contributed by atoms with Crippen molar-refractivity contribution in [2.45, 2.75) is 77.0 Å². The molecule has 0 aromatic carbocycles. The highest BCUT2D eigenvalue weighted by molar-refractivity contribution is 5.69. The molecule has 0 spiro atoms. The lowest BCUT2D eigenvalue weighted by molar-refractivity contribution is -0.141. The van der Waals surface area contributed by atoms with Crippen LogP contribution < -0.4 is 0 Å². The third kappa shape index (κ3) is 15.1. The van der Waals surface area contributed by atoms with Gasteiger partial charge < -0.3 is 9.47 Å². The van der Waals surface area contributed by atoms with E-state index >= 15 is 0 Å². The fourth-order valence-corrected chi connectivity index (χ4v) is 2.21. The summed E-state index contributed by atoms with van der Waals surface area (Å²) < 4.78 is 9.20. The van der Waals surface area contributed by atoms with E-state index in [1.807, 2.05) is 0 Å². The minimum absolute atomic E-state index is 0.105. The molecule has 0 N–H and O–H groups in total. The molecule has 0 heterocycles. The Morgan fingerprint density at radius 3 is 1.36 bits per heavy atom. The van der Waals surface area contributed by atoms with E-state index in [0.29, 0.717) is 12.8 Å². The lowest BCUT2D eigenvalue weighted by Crippen LogP contribution is -1.99. The van der Waals surface area contributed by atoms with Crippen molar-refractivity contribution in [3.8, 4) is 0 Å². The summed E-state index contributed by atoms with van der Waals surface area (Å²) in [5, 5.41) is 0. The second kappa shape index (κ2) is 16.1. The molecule has 4 heteroatoms. The minimum Gasteiger partial charge on any atom is -0.469 e. The third-order valence-electron chi connectivity index (χ3n) is 3.63. The Hall–Kier alpha value is -1.32. The third-order valence-corrected chi connectivity index (χ3v) is 3.63. The van der Waals surface area contributed by atoms with Crippen LogP contribution >= 0.6 is 0 Å². The van der Waals surface area contributed by atoms with Crippen molar-refractivity contribution in [3.63, 3.8) is 0 Å². The number of hydrogen-bond acceptors (Lipinski definition) is 4. The van der Waals surface area contributed by atoms with Crippen LogP contribution in [0, 0.1) is 0 Å². The molecule has 0 aromatic heterocycles. The first-order valence-corrected chi connectivity index (χ1v) is 8.49. The number of rotatable bonds is 14. The molecule has 0 aromatic rings. The molecule has 22 heavy (non-hydrogen) atoms. The predicted octanol–water partition coefficient (Wildman–Crippen LogP) is 4.57. The molecule has 0 saturated heterocycles. The van der Waals surface area contributed by atoms with E-state index in [9.17, 15) is 9.59 Å². The Labute approximate surface area is 135 Å². The van der Waals surface area contributed by atoms with Gasteiger partial charge in [0, 0.05) is 12.8 Å². The number of carbonyl (C=O) groups excluding carboxylic acids is 2. The quantitative estimate of drug-likeness (QED) is 0.268. The number of hydrogen-bond donors (Lipinski definition) is 0. The maximum Gasteiger partial charge on any atom is 0.305 e. The Morgan fingerprint density at radius 1 is 0.636 bits per heavy atom. The van der Waals surface area contributed by atoms with Crippen LogP contribution in [-0.2, 0) is 19.1 Å². The minimum atomic E-state index is -0.105.